The number of nitrogens with one attached hydrogen (secondary N) is 2. The van der Waals surface area contributed by atoms with Crippen LogP contribution in [0.15, 0.2) is 29.4 Å². The molecule has 27 heavy (non-hydrogen) atoms. The van der Waals surface area contributed by atoms with E-state index in [1.807, 2.05) is 36.9 Å². The number of carbonyl (C=O) groups is 1. The Balaban J connectivity index is 1.76. The molecule has 1 fully saturated rings. The minimum atomic E-state index is 0.153. The van der Waals surface area contributed by atoms with Crippen LogP contribution >= 0.6 is 0 Å². The standard InChI is InChI=1S/C19H32N6O2/c1-4-20-19(23-16(2)15-27-3)22-10-8-18(26)25-13-11-24(12-14-25)17-7-5-6-9-21-17/h5-7,9,16H,4,8,10-15H2,1-3H3,(H2,20,22,23). The largest absolute Gasteiger partial charge is 0.383 e. The maximum Gasteiger partial charge on any atom is 0.224 e. The van der Waals surface area contributed by atoms with Gasteiger partial charge in [-0.25, -0.2) is 4.98 Å². The van der Waals surface area contributed by atoms with Crippen LogP contribution < -0.4 is 15.5 Å². The summed E-state index contributed by atoms with van der Waals surface area (Å²) in [4.78, 5) is 25.5. The highest BCUT2D eigenvalue weighted by atomic mass is 16.5. The van der Waals surface area contributed by atoms with E-state index in [0.29, 0.717) is 19.6 Å². The Hall–Kier alpha value is -2.35. The summed E-state index contributed by atoms with van der Waals surface area (Å²) in [6.45, 7) is 8.96. The average Bonchev–Trinajstić information content (AvgIpc) is 2.69. The number of piperazine rings is 1. The quantitative estimate of drug-likeness (QED) is 0.514. The zero-order valence-electron chi connectivity index (χ0n) is 16.6. The molecule has 1 aliphatic rings. The molecule has 0 radical (unpaired) electrons. The van der Waals surface area contributed by atoms with E-state index in [-0.39, 0.29) is 11.9 Å². The lowest BCUT2D eigenvalue weighted by atomic mass is 10.2. The third-order valence-electron chi connectivity index (χ3n) is 4.35. The molecule has 8 nitrogen and oxygen atoms in total. The third-order valence-corrected chi connectivity index (χ3v) is 4.35. The van der Waals surface area contributed by atoms with Crippen LogP contribution in [0.4, 0.5) is 5.82 Å². The molecule has 1 amide bonds. The molecule has 0 bridgehead atoms. The van der Waals surface area contributed by atoms with Crippen LogP contribution in [0.25, 0.3) is 0 Å². The molecular weight excluding hydrogens is 344 g/mol. The van der Waals surface area contributed by atoms with Crippen molar-refractivity contribution in [3.63, 3.8) is 0 Å². The molecule has 1 aromatic rings. The summed E-state index contributed by atoms with van der Waals surface area (Å²) in [5, 5.41) is 6.47. The number of amides is 1. The van der Waals surface area contributed by atoms with Crippen molar-refractivity contribution >= 4 is 17.7 Å². The van der Waals surface area contributed by atoms with Gasteiger partial charge in [0.05, 0.1) is 13.2 Å². The molecule has 0 aromatic carbocycles. The normalized spacial score (nSPS) is 16.2. The van der Waals surface area contributed by atoms with E-state index in [2.05, 4.69) is 25.5 Å². The fraction of sp³-hybridized carbons (Fsp3) is 0.632. The number of nitrogens with zero attached hydrogens (tertiary/aromatic N) is 4. The van der Waals surface area contributed by atoms with Crippen LogP contribution in [0, 0.1) is 0 Å². The molecule has 2 N–H and O–H groups in total. The number of anilines is 1. The van der Waals surface area contributed by atoms with E-state index in [1.165, 1.54) is 0 Å². The van der Waals surface area contributed by atoms with Gasteiger partial charge in [-0.1, -0.05) is 6.07 Å². The summed E-state index contributed by atoms with van der Waals surface area (Å²) in [7, 11) is 1.68. The fourth-order valence-electron chi connectivity index (χ4n) is 2.99. The summed E-state index contributed by atoms with van der Waals surface area (Å²) in [6, 6.07) is 6.06. The van der Waals surface area contributed by atoms with Gasteiger partial charge in [0.15, 0.2) is 5.96 Å². The number of methoxy groups -OCH3 is 1. The highest BCUT2D eigenvalue weighted by Crippen LogP contribution is 2.12. The second kappa shape index (κ2) is 11.4. The lowest BCUT2D eigenvalue weighted by molar-refractivity contribution is -0.131. The lowest BCUT2D eigenvalue weighted by Crippen LogP contribution is -2.49. The zero-order valence-corrected chi connectivity index (χ0v) is 16.6. The van der Waals surface area contributed by atoms with E-state index in [0.717, 1.165) is 44.5 Å². The highest BCUT2D eigenvalue weighted by Gasteiger charge is 2.21. The van der Waals surface area contributed by atoms with Gasteiger partial charge < -0.3 is 25.2 Å². The van der Waals surface area contributed by atoms with Gasteiger partial charge in [-0.2, -0.15) is 0 Å². The van der Waals surface area contributed by atoms with Crippen molar-refractivity contribution in [2.24, 2.45) is 4.99 Å². The summed E-state index contributed by atoms with van der Waals surface area (Å²) in [5.74, 6) is 1.84. The fourth-order valence-corrected chi connectivity index (χ4v) is 2.99. The minimum absolute atomic E-state index is 0.153. The second-order valence-corrected chi connectivity index (χ2v) is 6.57. The van der Waals surface area contributed by atoms with Crippen molar-refractivity contribution in [1.82, 2.24) is 20.5 Å². The summed E-state index contributed by atoms with van der Waals surface area (Å²) >= 11 is 0. The van der Waals surface area contributed by atoms with Crippen LogP contribution in [0.3, 0.4) is 0 Å². The monoisotopic (exact) mass is 376 g/mol. The molecule has 2 heterocycles. The average molecular weight is 377 g/mol. The number of pyridine rings is 1. The number of guanidine groups is 1. The van der Waals surface area contributed by atoms with E-state index < -0.39 is 0 Å². The van der Waals surface area contributed by atoms with Crippen molar-refractivity contribution in [2.75, 3.05) is 57.9 Å². The number of hydrogen-bond acceptors (Lipinski definition) is 5. The van der Waals surface area contributed by atoms with Crippen molar-refractivity contribution in [3.8, 4) is 0 Å². The smallest absolute Gasteiger partial charge is 0.224 e. The first-order valence-corrected chi connectivity index (χ1v) is 9.61. The Labute approximate surface area is 162 Å². The predicted molar refractivity (Wildman–Crippen MR) is 108 cm³/mol. The van der Waals surface area contributed by atoms with E-state index >= 15 is 0 Å². The number of rotatable bonds is 8. The first kappa shape index (κ1) is 21.0. The van der Waals surface area contributed by atoms with E-state index in [4.69, 9.17) is 4.74 Å². The van der Waals surface area contributed by atoms with Gasteiger partial charge in [0, 0.05) is 58.5 Å². The molecule has 1 aromatic heterocycles. The second-order valence-electron chi connectivity index (χ2n) is 6.57. The first-order chi connectivity index (χ1) is 13.1. The molecule has 1 unspecified atom stereocenters. The summed E-state index contributed by atoms with van der Waals surface area (Å²) < 4.78 is 5.13. The van der Waals surface area contributed by atoms with Gasteiger partial charge in [-0.05, 0) is 26.0 Å². The molecule has 1 saturated heterocycles. The molecular formula is C19H32N6O2. The van der Waals surface area contributed by atoms with Crippen LogP contribution in [0.5, 0.6) is 0 Å². The number of aromatic nitrogens is 1. The van der Waals surface area contributed by atoms with Crippen LogP contribution in [-0.2, 0) is 9.53 Å². The SMILES string of the molecule is CCNC(=NCCC(=O)N1CCN(c2ccccn2)CC1)NC(C)COC. The number of aliphatic imine (C=N–C) groups is 1. The molecule has 1 atom stereocenters. The molecule has 0 spiro atoms. The van der Waals surface area contributed by atoms with Gasteiger partial charge in [-0.3, -0.25) is 9.79 Å². The predicted octanol–water partition coefficient (Wildman–Crippen LogP) is 0.710. The third kappa shape index (κ3) is 7.05. The molecule has 0 aliphatic carbocycles. The van der Waals surface area contributed by atoms with Crippen LogP contribution in [-0.4, -0.2) is 80.8 Å². The highest BCUT2D eigenvalue weighted by molar-refractivity contribution is 5.81. The Kier molecular flexibility index (Phi) is 8.83. The van der Waals surface area contributed by atoms with Crippen molar-refractivity contribution in [2.45, 2.75) is 26.3 Å². The Bertz CT molecular complexity index is 587. The van der Waals surface area contributed by atoms with Crippen molar-refractivity contribution in [3.05, 3.63) is 24.4 Å². The van der Waals surface area contributed by atoms with E-state index in [9.17, 15) is 4.79 Å². The van der Waals surface area contributed by atoms with Crippen LogP contribution in [0.1, 0.15) is 20.3 Å². The Morgan fingerprint density at radius 1 is 1.33 bits per heavy atom. The van der Waals surface area contributed by atoms with Crippen molar-refractivity contribution in [1.29, 1.82) is 0 Å². The molecule has 150 valence electrons. The van der Waals surface area contributed by atoms with Crippen LogP contribution in [0.2, 0.25) is 0 Å². The van der Waals surface area contributed by atoms with Gasteiger partial charge in [-0.15, -0.1) is 0 Å². The van der Waals surface area contributed by atoms with Crippen molar-refractivity contribution < 1.29 is 9.53 Å². The lowest BCUT2D eigenvalue weighted by Gasteiger charge is -2.35. The van der Waals surface area contributed by atoms with Gasteiger partial charge in [0.1, 0.15) is 5.82 Å². The Morgan fingerprint density at radius 2 is 2.11 bits per heavy atom. The maximum atomic E-state index is 12.5. The summed E-state index contributed by atoms with van der Waals surface area (Å²) in [6.07, 6.45) is 2.22. The maximum absolute atomic E-state index is 12.5. The summed E-state index contributed by atoms with van der Waals surface area (Å²) in [5.41, 5.74) is 0. The number of hydrogen-bond donors (Lipinski definition) is 2. The molecule has 1 aliphatic heterocycles. The molecule has 8 heteroatoms. The number of carbonyl (C=O) groups excluding carboxylic acids is 1. The van der Waals surface area contributed by atoms with Gasteiger partial charge >= 0.3 is 0 Å². The first-order valence-electron chi connectivity index (χ1n) is 9.61. The van der Waals surface area contributed by atoms with Gasteiger partial charge in [0.2, 0.25) is 5.91 Å². The van der Waals surface area contributed by atoms with Gasteiger partial charge in [0.25, 0.3) is 0 Å². The zero-order chi connectivity index (χ0) is 19.5. The molecule has 2 rings (SSSR count). The topological polar surface area (TPSA) is 82.1 Å². The van der Waals surface area contributed by atoms with E-state index in [1.54, 1.807) is 13.3 Å². The molecule has 0 saturated carbocycles. The number of ether oxygens (including phenoxy) is 1. The minimum Gasteiger partial charge on any atom is -0.383 e. The Morgan fingerprint density at radius 3 is 2.74 bits per heavy atom.